The van der Waals surface area contributed by atoms with Crippen LogP contribution in [-0.4, -0.2) is 38.3 Å². The summed E-state index contributed by atoms with van der Waals surface area (Å²) >= 11 is 0. The molecule has 0 aliphatic carbocycles. The number of carbonyl (C=O) groups is 1. The lowest BCUT2D eigenvalue weighted by molar-refractivity contribution is -0.137. The van der Waals surface area contributed by atoms with Crippen LogP contribution in [0.2, 0.25) is 0 Å². The molecule has 2 heterocycles. The van der Waals surface area contributed by atoms with Gasteiger partial charge in [0.25, 0.3) is 5.91 Å². The molecule has 8 heteroatoms. The maximum absolute atomic E-state index is 13.2. The van der Waals surface area contributed by atoms with Gasteiger partial charge < -0.3 is 19.7 Å². The van der Waals surface area contributed by atoms with E-state index in [0.717, 1.165) is 57.5 Å². The second kappa shape index (κ2) is 9.18. The van der Waals surface area contributed by atoms with Crippen LogP contribution in [0.25, 0.3) is 0 Å². The zero-order chi connectivity index (χ0) is 21.8. The molecule has 0 spiro atoms. The molecule has 4 rings (SSSR count). The van der Waals surface area contributed by atoms with E-state index in [-0.39, 0.29) is 11.8 Å². The highest BCUT2D eigenvalue weighted by Gasteiger charge is 2.32. The quantitative estimate of drug-likeness (QED) is 0.686. The number of alkyl halides is 3. The minimum Gasteiger partial charge on any atom is -0.491 e. The van der Waals surface area contributed by atoms with E-state index in [1.54, 1.807) is 24.3 Å². The Morgan fingerprint density at radius 3 is 2.48 bits per heavy atom. The number of nitrogens with one attached hydrogen (secondary N) is 1. The zero-order valence-corrected chi connectivity index (χ0v) is 17.1. The lowest BCUT2D eigenvalue weighted by Gasteiger charge is -2.23. The van der Waals surface area contributed by atoms with E-state index >= 15 is 0 Å². The van der Waals surface area contributed by atoms with Crippen LogP contribution in [-0.2, 0) is 10.9 Å². The molecule has 0 bridgehead atoms. The Hall–Kier alpha value is -2.74. The van der Waals surface area contributed by atoms with Gasteiger partial charge in [0.2, 0.25) is 0 Å². The summed E-state index contributed by atoms with van der Waals surface area (Å²) in [7, 11) is 0. The van der Waals surface area contributed by atoms with Gasteiger partial charge in [-0.1, -0.05) is 0 Å². The topological polar surface area (TPSA) is 50.8 Å². The summed E-state index contributed by atoms with van der Waals surface area (Å²) in [5.74, 6) is 0.148. The van der Waals surface area contributed by atoms with Crippen LogP contribution in [0.15, 0.2) is 42.5 Å². The van der Waals surface area contributed by atoms with Gasteiger partial charge in [-0.25, -0.2) is 0 Å². The molecular weight excluding hydrogens is 409 g/mol. The summed E-state index contributed by atoms with van der Waals surface area (Å²) in [4.78, 5) is 14.7. The molecule has 2 saturated heterocycles. The molecule has 31 heavy (non-hydrogen) atoms. The smallest absolute Gasteiger partial charge is 0.416 e. The van der Waals surface area contributed by atoms with Crippen LogP contribution in [0.4, 0.5) is 24.5 Å². The number of nitrogens with zero attached hydrogens (tertiary/aromatic N) is 1. The molecule has 2 aliphatic rings. The number of hydrogen-bond acceptors (Lipinski definition) is 4. The highest BCUT2D eigenvalue weighted by Crippen LogP contribution is 2.36. The Kier molecular flexibility index (Phi) is 6.36. The van der Waals surface area contributed by atoms with Crippen molar-refractivity contribution in [2.45, 2.75) is 38.0 Å². The Morgan fingerprint density at radius 1 is 1.10 bits per heavy atom. The first-order valence-corrected chi connectivity index (χ1v) is 10.5. The molecule has 166 valence electrons. The summed E-state index contributed by atoms with van der Waals surface area (Å²) < 4.78 is 50.9. The minimum atomic E-state index is -4.48. The summed E-state index contributed by atoms with van der Waals surface area (Å²) in [6.07, 6.45) is -0.444. The van der Waals surface area contributed by atoms with Crippen LogP contribution in [0.3, 0.4) is 0 Å². The maximum Gasteiger partial charge on any atom is 0.416 e. The van der Waals surface area contributed by atoms with Gasteiger partial charge in [-0.05, 0) is 68.1 Å². The van der Waals surface area contributed by atoms with Gasteiger partial charge >= 0.3 is 6.18 Å². The van der Waals surface area contributed by atoms with E-state index in [0.29, 0.717) is 23.6 Å². The molecule has 1 amide bonds. The molecule has 1 N–H and O–H groups in total. The fourth-order valence-electron chi connectivity index (χ4n) is 3.91. The largest absolute Gasteiger partial charge is 0.491 e. The third-order valence-electron chi connectivity index (χ3n) is 5.60. The molecule has 2 aliphatic heterocycles. The summed E-state index contributed by atoms with van der Waals surface area (Å²) in [6, 6.07) is 10.1. The minimum absolute atomic E-state index is 0.0906. The average molecular weight is 434 g/mol. The number of rotatable bonds is 6. The summed E-state index contributed by atoms with van der Waals surface area (Å²) in [6.45, 7) is 2.72. The predicted molar refractivity (Wildman–Crippen MR) is 112 cm³/mol. The summed E-state index contributed by atoms with van der Waals surface area (Å²) in [5, 5.41) is 2.67. The molecular formula is C23H25F3N2O3. The van der Waals surface area contributed by atoms with Crippen molar-refractivity contribution in [1.29, 1.82) is 0 Å². The van der Waals surface area contributed by atoms with Crippen LogP contribution in [0, 0.1) is 0 Å². The molecule has 2 fully saturated rings. The fourth-order valence-corrected chi connectivity index (χ4v) is 3.91. The van der Waals surface area contributed by atoms with E-state index in [1.165, 1.54) is 6.07 Å². The highest BCUT2D eigenvalue weighted by molar-refractivity contribution is 6.06. The first-order chi connectivity index (χ1) is 14.9. The van der Waals surface area contributed by atoms with Gasteiger partial charge in [0.15, 0.2) is 0 Å². The Labute approximate surface area is 179 Å². The monoisotopic (exact) mass is 434 g/mol. The van der Waals surface area contributed by atoms with Gasteiger partial charge in [-0.2, -0.15) is 13.2 Å². The molecule has 0 radical (unpaired) electrons. The maximum atomic E-state index is 13.2. The molecule has 1 unspecified atom stereocenters. The molecule has 1 atom stereocenters. The first kappa shape index (κ1) is 21.5. The third kappa shape index (κ3) is 5.31. The van der Waals surface area contributed by atoms with E-state index in [9.17, 15) is 18.0 Å². The van der Waals surface area contributed by atoms with Crippen LogP contribution < -0.4 is 15.0 Å². The van der Waals surface area contributed by atoms with E-state index in [2.05, 4.69) is 5.32 Å². The van der Waals surface area contributed by atoms with Gasteiger partial charge in [-0.3, -0.25) is 4.79 Å². The lowest BCUT2D eigenvalue weighted by atomic mass is 10.1. The van der Waals surface area contributed by atoms with Gasteiger partial charge in [0, 0.05) is 25.3 Å². The van der Waals surface area contributed by atoms with E-state index in [4.69, 9.17) is 9.47 Å². The van der Waals surface area contributed by atoms with Gasteiger partial charge in [0.1, 0.15) is 12.4 Å². The number of carbonyl (C=O) groups excluding carboxylic acids is 1. The van der Waals surface area contributed by atoms with Gasteiger partial charge in [0.05, 0.1) is 23.0 Å². The SMILES string of the molecule is O=C(Nc1cc(C(F)(F)F)ccc1N1CCCC1)c1ccc(OCC2CCCO2)cc1. The standard InChI is InChI=1S/C23H25F3N2O3/c24-23(25,26)17-7-10-21(28-11-1-2-12-28)20(14-17)27-22(29)16-5-8-18(9-6-16)31-15-19-4-3-13-30-19/h5-10,14,19H,1-4,11-13,15H2,(H,27,29). The average Bonchev–Trinajstić information content (AvgIpc) is 3.46. The van der Waals surface area contributed by atoms with Crippen molar-refractivity contribution in [1.82, 2.24) is 0 Å². The number of amides is 1. The van der Waals surface area contributed by atoms with Crippen molar-refractivity contribution in [2.75, 3.05) is 36.5 Å². The normalized spacial score (nSPS) is 18.9. The molecule has 5 nitrogen and oxygen atoms in total. The number of ether oxygens (including phenoxy) is 2. The van der Waals surface area contributed by atoms with Crippen molar-refractivity contribution < 1.29 is 27.4 Å². The van der Waals surface area contributed by atoms with Crippen LogP contribution >= 0.6 is 0 Å². The molecule has 2 aromatic rings. The lowest BCUT2D eigenvalue weighted by Crippen LogP contribution is -2.22. The molecule has 0 saturated carbocycles. The van der Waals surface area contributed by atoms with Crippen molar-refractivity contribution in [3.05, 3.63) is 53.6 Å². The van der Waals surface area contributed by atoms with Crippen molar-refractivity contribution in [3.63, 3.8) is 0 Å². The van der Waals surface area contributed by atoms with E-state index < -0.39 is 17.6 Å². The Morgan fingerprint density at radius 2 is 1.84 bits per heavy atom. The second-order valence-electron chi connectivity index (χ2n) is 7.85. The molecule has 0 aromatic heterocycles. The third-order valence-corrected chi connectivity index (χ3v) is 5.60. The number of anilines is 2. The predicted octanol–water partition coefficient (Wildman–Crippen LogP) is 5.12. The van der Waals surface area contributed by atoms with Crippen LogP contribution in [0.5, 0.6) is 5.75 Å². The number of halogens is 3. The summed E-state index contributed by atoms with van der Waals surface area (Å²) in [5.41, 5.74) is 0.327. The number of benzene rings is 2. The first-order valence-electron chi connectivity index (χ1n) is 10.5. The Bertz CT molecular complexity index is 903. The van der Waals surface area contributed by atoms with Crippen molar-refractivity contribution in [3.8, 4) is 5.75 Å². The van der Waals surface area contributed by atoms with Crippen LogP contribution in [0.1, 0.15) is 41.6 Å². The second-order valence-corrected chi connectivity index (χ2v) is 7.85. The highest BCUT2D eigenvalue weighted by atomic mass is 19.4. The zero-order valence-electron chi connectivity index (χ0n) is 17.1. The van der Waals surface area contributed by atoms with E-state index in [1.807, 2.05) is 4.90 Å². The van der Waals surface area contributed by atoms with Gasteiger partial charge in [-0.15, -0.1) is 0 Å². The van der Waals surface area contributed by atoms with Crippen molar-refractivity contribution >= 4 is 17.3 Å². The molecule has 2 aromatic carbocycles. The number of hydrogen-bond donors (Lipinski definition) is 1. The van der Waals surface area contributed by atoms with Crippen molar-refractivity contribution in [2.24, 2.45) is 0 Å². The fraction of sp³-hybridized carbons (Fsp3) is 0.435. The Balaban J connectivity index is 1.47.